The first-order valence-corrected chi connectivity index (χ1v) is 6.98. The Morgan fingerprint density at radius 3 is 2.62 bits per heavy atom. The van der Waals surface area contributed by atoms with E-state index < -0.39 is 5.91 Å². The molecule has 0 aliphatic carbocycles. The molecule has 1 rings (SSSR count). The average Bonchev–Trinajstić information content (AvgIpc) is 2.46. The van der Waals surface area contributed by atoms with Crippen molar-refractivity contribution in [1.82, 2.24) is 16.2 Å². The summed E-state index contributed by atoms with van der Waals surface area (Å²) in [7, 11) is 0. The monoisotopic (exact) mass is 329 g/mol. The van der Waals surface area contributed by atoms with E-state index in [-0.39, 0.29) is 17.6 Å². The summed E-state index contributed by atoms with van der Waals surface area (Å²) in [6.45, 7) is 3.34. The van der Waals surface area contributed by atoms with Crippen molar-refractivity contribution in [3.63, 3.8) is 0 Å². The smallest absolute Gasteiger partial charge is 0.276 e. The Morgan fingerprint density at radius 2 is 2.00 bits per heavy atom. The number of benzene rings is 1. The number of nitrogens with one attached hydrogen (secondary N) is 3. The van der Waals surface area contributed by atoms with Crippen LogP contribution in [-0.2, 0) is 9.59 Å². The Labute approximate surface area is 133 Å². The topological polar surface area (TPSA) is 79.5 Å². The lowest BCUT2D eigenvalue weighted by Crippen LogP contribution is -2.49. The van der Waals surface area contributed by atoms with Gasteiger partial charge in [-0.05, 0) is 42.9 Å². The standard InChI is InChI=1S/C13H16ClN3O3S/c1-3-11(18)15-13(21)17-16-12(19)7-20-9-4-5-10(14)8(2)6-9/h4-6H,3,7H2,1-2H3,(H,16,19)(H2,15,17,18,21). The lowest BCUT2D eigenvalue weighted by atomic mass is 10.2. The van der Waals surface area contributed by atoms with Crippen molar-refractivity contribution >= 4 is 40.7 Å². The minimum Gasteiger partial charge on any atom is -0.484 e. The van der Waals surface area contributed by atoms with Gasteiger partial charge in [-0.15, -0.1) is 0 Å². The molecule has 0 heterocycles. The highest BCUT2D eigenvalue weighted by molar-refractivity contribution is 7.80. The van der Waals surface area contributed by atoms with E-state index in [9.17, 15) is 9.59 Å². The molecule has 0 unspecified atom stereocenters. The molecule has 2 amide bonds. The maximum Gasteiger partial charge on any atom is 0.276 e. The van der Waals surface area contributed by atoms with Gasteiger partial charge in [0.2, 0.25) is 5.91 Å². The second kappa shape index (κ2) is 8.43. The first-order chi connectivity index (χ1) is 9.92. The molecular weight excluding hydrogens is 314 g/mol. The Hall–Kier alpha value is -1.86. The van der Waals surface area contributed by atoms with Crippen LogP contribution in [0.3, 0.4) is 0 Å². The fraction of sp³-hybridized carbons (Fsp3) is 0.308. The molecule has 0 aromatic heterocycles. The van der Waals surface area contributed by atoms with Gasteiger partial charge in [0.1, 0.15) is 5.75 Å². The van der Waals surface area contributed by atoms with Crippen LogP contribution in [0, 0.1) is 6.92 Å². The molecule has 0 radical (unpaired) electrons. The molecule has 0 fully saturated rings. The molecule has 0 saturated heterocycles. The van der Waals surface area contributed by atoms with Crippen LogP contribution in [0.1, 0.15) is 18.9 Å². The van der Waals surface area contributed by atoms with Gasteiger partial charge < -0.3 is 10.1 Å². The van der Waals surface area contributed by atoms with E-state index in [2.05, 4.69) is 16.2 Å². The first kappa shape index (κ1) is 17.2. The lowest BCUT2D eigenvalue weighted by molar-refractivity contribution is -0.124. The number of ether oxygens (including phenoxy) is 1. The fourth-order valence-corrected chi connectivity index (χ4v) is 1.55. The van der Waals surface area contributed by atoms with Gasteiger partial charge in [0.15, 0.2) is 11.7 Å². The quantitative estimate of drug-likeness (QED) is 0.575. The molecule has 114 valence electrons. The summed E-state index contributed by atoms with van der Waals surface area (Å²) in [4.78, 5) is 22.6. The van der Waals surface area contributed by atoms with Crippen molar-refractivity contribution in [2.24, 2.45) is 0 Å². The van der Waals surface area contributed by atoms with E-state index >= 15 is 0 Å². The van der Waals surface area contributed by atoms with Crippen LogP contribution < -0.4 is 20.9 Å². The summed E-state index contributed by atoms with van der Waals surface area (Å²) in [6, 6.07) is 5.09. The minimum atomic E-state index is -0.435. The number of aryl methyl sites for hydroxylation is 1. The molecule has 6 nitrogen and oxygen atoms in total. The molecular formula is C13H16ClN3O3S. The predicted octanol–water partition coefficient (Wildman–Crippen LogP) is 1.46. The van der Waals surface area contributed by atoms with Gasteiger partial charge in [-0.1, -0.05) is 18.5 Å². The number of hydrogen-bond acceptors (Lipinski definition) is 4. The first-order valence-electron chi connectivity index (χ1n) is 6.20. The maximum absolute atomic E-state index is 11.5. The second-order valence-corrected chi connectivity index (χ2v) is 4.92. The number of rotatable bonds is 4. The van der Waals surface area contributed by atoms with Crippen molar-refractivity contribution < 1.29 is 14.3 Å². The maximum atomic E-state index is 11.5. The predicted molar refractivity (Wildman–Crippen MR) is 84.0 cm³/mol. The number of halogens is 1. The summed E-state index contributed by atoms with van der Waals surface area (Å²) in [5, 5.41) is 3.04. The van der Waals surface area contributed by atoms with Crippen LogP contribution in [0.4, 0.5) is 0 Å². The lowest BCUT2D eigenvalue weighted by Gasteiger charge is -2.11. The van der Waals surface area contributed by atoms with E-state index in [4.69, 9.17) is 28.6 Å². The van der Waals surface area contributed by atoms with E-state index in [0.717, 1.165) is 5.56 Å². The largest absolute Gasteiger partial charge is 0.484 e. The van der Waals surface area contributed by atoms with Crippen molar-refractivity contribution in [3.05, 3.63) is 28.8 Å². The summed E-state index contributed by atoms with van der Waals surface area (Å²) in [6.07, 6.45) is 0.300. The highest BCUT2D eigenvalue weighted by Gasteiger charge is 2.06. The van der Waals surface area contributed by atoms with Crippen molar-refractivity contribution in [3.8, 4) is 5.75 Å². The number of carbonyl (C=O) groups is 2. The van der Waals surface area contributed by atoms with Gasteiger partial charge in [-0.25, -0.2) is 0 Å². The molecule has 0 atom stereocenters. The summed E-state index contributed by atoms with van der Waals surface area (Å²) in [5.41, 5.74) is 5.57. The van der Waals surface area contributed by atoms with Gasteiger partial charge in [0, 0.05) is 11.4 Å². The SMILES string of the molecule is CCC(=O)NC(=S)NNC(=O)COc1ccc(Cl)c(C)c1. The molecule has 21 heavy (non-hydrogen) atoms. The Balaban J connectivity index is 2.32. The molecule has 1 aromatic rings. The van der Waals surface area contributed by atoms with Crippen molar-refractivity contribution in [1.29, 1.82) is 0 Å². The molecule has 0 aliphatic heterocycles. The third-order valence-electron chi connectivity index (χ3n) is 2.39. The van der Waals surface area contributed by atoms with Crippen LogP contribution >= 0.6 is 23.8 Å². The molecule has 0 aliphatic rings. The fourth-order valence-electron chi connectivity index (χ4n) is 1.26. The number of carbonyl (C=O) groups excluding carboxylic acids is 2. The van der Waals surface area contributed by atoms with Crippen LogP contribution in [-0.4, -0.2) is 23.5 Å². The second-order valence-electron chi connectivity index (χ2n) is 4.10. The third-order valence-corrected chi connectivity index (χ3v) is 3.02. The molecule has 1 aromatic carbocycles. The van der Waals surface area contributed by atoms with Gasteiger partial charge >= 0.3 is 0 Å². The van der Waals surface area contributed by atoms with Crippen LogP contribution in [0.15, 0.2) is 18.2 Å². The summed E-state index contributed by atoms with van der Waals surface area (Å²) in [5.74, 6) is -0.140. The Kier molecular flexibility index (Phi) is 6.90. The summed E-state index contributed by atoms with van der Waals surface area (Å²) < 4.78 is 5.30. The van der Waals surface area contributed by atoms with Crippen molar-refractivity contribution in [2.75, 3.05) is 6.61 Å². The van der Waals surface area contributed by atoms with Gasteiger partial charge in [-0.3, -0.25) is 20.4 Å². The van der Waals surface area contributed by atoms with Crippen LogP contribution in [0.5, 0.6) is 5.75 Å². The molecule has 0 spiro atoms. The number of thiocarbonyl (C=S) groups is 1. The van der Waals surface area contributed by atoms with Gasteiger partial charge in [0.25, 0.3) is 5.91 Å². The molecule has 0 bridgehead atoms. The zero-order valence-corrected chi connectivity index (χ0v) is 13.2. The van der Waals surface area contributed by atoms with E-state index in [0.29, 0.717) is 17.2 Å². The Morgan fingerprint density at radius 1 is 1.29 bits per heavy atom. The van der Waals surface area contributed by atoms with Crippen LogP contribution in [0.25, 0.3) is 0 Å². The van der Waals surface area contributed by atoms with E-state index in [1.165, 1.54) is 0 Å². The third kappa shape index (κ3) is 6.42. The van der Waals surface area contributed by atoms with Crippen LogP contribution in [0.2, 0.25) is 5.02 Å². The highest BCUT2D eigenvalue weighted by Crippen LogP contribution is 2.20. The summed E-state index contributed by atoms with van der Waals surface area (Å²) >= 11 is 10.7. The molecule has 0 saturated carbocycles. The molecule has 8 heteroatoms. The van der Waals surface area contributed by atoms with Gasteiger partial charge in [0.05, 0.1) is 0 Å². The minimum absolute atomic E-state index is 0.0255. The normalized spacial score (nSPS) is 9.67. The Bertz CT molecular complexity index is 551. The highest BCUT2D eigenvalue weighted by atomic mass is 35.5. The van der Waals surface area contributed by atoms with Crippen molar-refractivity contribution in [2.45, 2.75) is 20.3 Å². The number of amides is 2. The average molecular weight is 330 g/mol. The van der Waals surface area contributed by atoms with Gasteiger partial charge in [-0.2, -0.15) is 0 Å². The number of hydrazine groups is 1. The van der Waals surface area contributed by atoms with E-state index in [1.807, 2.05) is 6.92 Å². The molecule has 3 N–H and O–H groups in total. The number of hydrogen-bond donors (Lipinski definition) is 3. The zero-order valence-electron chi connectivity index (χ0n) is 11.7. The van der Waals surface area contributed by atoms with E-state index in [1.54, 1.807) is 25.1 Å². The zero-order chi connectivity index (χ0) is 15.8.